The van der Waals surface area contributed by atoms with Crippen molar-refractivity contribution in [3.63, 3.8) is 0 Å². The van der Waals surface area contributed by atoms with Crippen molar-refractivity contribution in [2.24, 2.45) is 0 Å². The van der Waals surface area contributed by atoms with E-state index in [1.807, 2.05) is 0 Å². The Balaban J connectivity index is 3.00. The van der Waals surface area contributed by atoms with Gasteiger partial charge in [-0.3, -0.25) is 4.79 Å². The number of aliphatic hydroxyl groups is 1. The lowest BCUT2D eigenvalue weighted by Crippen LogP contribution is -2.36. The number of amides is 1. The van der Waals surface area contributed by atoms with E-state index in [2.05, 4.69) is 29.2 Å². The third-order valence-electron chi connectivity index (χ3n) is 2.31. The zero-order valence-corrected chi connectivity index (χ0v) is 12.3. The van der Waals surface area contributed by atoms with E-state index in [0.717, 1.165) is 3.57 Å². The van der Waals surface area contributed by atoms with Crippen LogP contribution in [0.5, 0.6) is 5.75 Å². The quantitative estimate of drug-likeness (QED) is 0.623. The first-order valence-corrected chi connectivity index (χ1v) is 6.60. The van der Waals surface area contributed by atoms with Crippen LogP contribution >= 0.6 is 22.6 Å². The molecule has 0 bridgehead atoms. The molecular weight excluding hydrogens is 345 g/mol. The van der Waals surface area contributed by atoms with E-state index < -0.39 is 6.10 Å². The van der Waals surface area contributed by atoms with E-state index >= 15 is 0 Å². The van der Waals surface area contributed by atoms with Crippen LogP contribution in [0.25, 0.3) is 0 Å². The van der Waals surface area contributed by atoms with Crippen molar-refractivity contribution in [1.29, 1.82) is 0 Å². The highest BCUT2D eigenvalue weighted by Crippen LogP contribution is 2.21. The fourth-order valence-corrected chi connectivity index (χ4v) is 2.06. The van der Waals surface area contributed by atoms with E-state index in [0.29, 0.717) is 6.54 Å². The van der Waals surface area contributed by atoms with Crippen molar-refractivity contribution in [2.45, 2.75) is 13.0 Å². The number of aromatic hydroxyl groups is 1. The number of carbonyl (C=O) groups excluding carboxylic acids is 1. The Hall–Kier alpha value is -1.08. The number of phenolic OH excluding ortho intramolecular Hbond substituents is 1. The second-order valence-electron chi connectivity index (χ2n) is 4.01. The van der Waals surface area contributed by atoms with Crippen LogP contribution in [-0.2, 0) is 0 Å². The highest BCUT2D eigenvalue weighted by Gasteiger charge is 2.19. The molecule has 0 radical (unpaired) electrons. The Kier molecular flexibility index (Phi) is 5.61. The number of rotatable bonds is 5. The minimum absolute atomic E-state index is 0.0555. The number of nitrogens with zero attached hydrogens (tertiary/aromatic N) is 1. The minimum atomic E-state index is -0.626. The minimum Gasteiger partial charge on any atom is -0.507 e. The van der Waals surface area contributed by atoms with Gasteiger partial charge in [0.1, 0.15) is 5.75 Å². The van der Waals surface area contributed by atoms with Crippen LogP contribution in [0.4, 0.5) is 0 Å². The van der Waals surface area contributed by atoms with Gasteiger partial charge in [-0.2, -0.15) is 0 Å². The predicted octanol–water partition coefficient (Wildman–Crippen LogP) is 2.01. The van der Waals surface area contributed by atoms with E-state index in [9.17, 15) is 15.0 Å². The Morgan fingerprint density at radius 3 is 2.83 bits per heavy atom. The molecule has 0 spiro atoms. The fourth-order valence-electron chi connectivity index (χ4n) is 1.57. The molecule has 0 aromatic heterocycles. The number of halogens is 1. The van der Waals surface area contributed by atoms with Gasteiger partial charge in [-0.15, -0.1) is 6.58 Å². The predicted molar refractivity (Wildman–Crippen MR) is 78.6 cm³/mol. The van der Waals surface area contributed by atoms with Crippen LogP contribution < -0.4 is 0 Å². The maximum Gasteiger partial charge on any atom is 0.258 e. The summed E-state index contributed by atoms with van der Waals surface area (Å²) in [5.74, 6) is -0.369. The summed E-state index contributed by atoms with van der Waals surface area (Å²) < 4.78 is 0.865. The van der Waals surface area contributed by atoms with Crippen LogP contribution in [0, 0.1) is 3.57 Å². The van der Waals surface area contributed by atoms with E-state index in [4.69, 9.17) is 0 Å². The molecule has 1 rings (SSSR count). The molecule has 4 nitrogen and oxygen atoms in total. The molecule has 1 aromatic carbocycles. The number of hydrogen-bond acceptors (Lipinski definition) is 3. The van der Waals surface area contributed by atoms with Crippen molar-refractivity contribution < 1.29 is 15.0 Å². The van der Waals surface area contributed by atoms with Gasteiger partial charge in [0.15, 0.2) is 0 Å². The normalized spacial score (nSPS) is 11.9. The van der Waals surface area contributed by atoms with Crippen molar-refractivity contribution in [1.82, 2.24) is 4.90 Å². The van der Waals surface area contributed by atoms with Crippen LogP contribution in [-0.4, -0.2) is 40.2 Å². The fraction of sp³-hybridized carbons (Fsp3) is 0.308. The van der Waals surface area contributed by atoms with Gasteiger partial charge in [-0.25, -0.2) is 0 Å². The summed E-state index contributed by atoms with van der Waals surface area (Å²) in [7, 11) is 0. The second kappa shape index (κ2) is 6.75. The van der Waals surface area contributed by atoms with Crippen LogP contribution in [0.15, 0.2) is 30.9 Å². The smallest absolute Gasteiger partial charge is 0.258 e. The van der Waals surface area contributed by atoms with Gasteiger partial charge in [0.25, 0.3) is 5.91 Å². The number of hydrogen-bond donors (Lipinski definition) is 2. The first-order chi connectivity index (χ1) is 8.45. The van der Waals surface area contributed by atoms with Gasteiger partial charge < -0.3 is 15.1 Å². The molecule has 0 aliphatic carbocycles. The van der Waals surface area contributed by atoms with Crippen LogP contribution in [0.1, 0.15) is 17.3 Å². The summed E-state index contributed by atoms with van der Waals surface area (Å²) in [5.41, 5.74) is 0.240. The lowest BCUT2D eigenvalue weighted by molar-refractivity contribution is 0.0670. The molecular formula is C13H16INO3. The molecule has 0 saturated carbocycles. The van der Waals surface area contributed by atoms with E-state index in [-0.39, 0.29) is 23.8 Å². The maximum absolute atomic E-state index is 12.2. The zero-order valence-electron chi connectivity index (χ0n) is 10.1. The third kappa shape index (κ3) is 3.99. The van der Waals surface area contributed by atoms with Gasteiger partial charge in [0.05, 0.1) is 11.7 Å². The molecule has 0 fully saturated rings. The molecule has 1 amide bonds. The first-order valence-electron chi connectivity index (χ1n) is 5.52. The Morgan fingerprint density at radius 1 is 1.61 bits per heavy atom. The number of carbonyl (C=O) groups is 1. The molecule has 1 aromatic rings. The first kappa shape index (κ1) is 15.0. The molecule has 5 heteroatoms. The lowest BCUT2D eigenvalue weighted by atomic mass is 10.1. The highest BCUT2D eigenvalue weighted by molar-refractivity contribution is 14.1. The molecule has 98 valence electrons. The number of benzene rings is 1. The summed E-state index contributed by atoms with van der Waals surface area (Å²) in [6.07, 6.45) is 0.962. The van der Waals surface area contributed by atoms with E-state index in [1.54, 1.807) is 25.1 Å². The van der Waals surface area contributed by atoms with Crippen molar-refractivity contribution >= 4 is 28.5 Å². The number of aliphatic hydroxyl groups excluding tert-OH is 1. The Labute approximate surface area is 120 Å². The van der Waals surface area contributed by atoms with Gasteiger partial charge >= 0.3 is 0 Å². The maximum atomic E-state index is 12.2. The largest absolute Gasteiger partial charge is 0.507 e. The van der Waals surface area contributed by atoms with E-state index in [1.165, 1.54) is 11.0 Å². The van der Waals surface area contributed by atoms with Gasteiger partial charge in [0.2, 0.25) is 0 Å². The van der Waals surface area contributed by atoms with Gasteiger partial charge in [-0.1, -0.05) is 6.08 Å². The van der Waals surface area contributed by atoms with Gasteiger partial charge in [0, 0.05) is 16.7 Å². The summed E-state index contributed by atoms with van der Waals surface area (Å²) >= 11 is 2.07. The third-order valence-corrected chi connectivity index (χ3v) is 2.98. The van der Waals surface area contributed by atoms with Crippen molar-refractivity contribution in [2.75, 3.05) is 13.1 Å². The molecule has 0 heterocycles. The molecule has 1 unspecified atom stereocenters. The second-order valence-corrected chi connectivity index (χ2v) is 5.25. The SMILES string of the molecule is C=CCN(CC(C)O)C(=O)c1cc(I)ccc1O. The zero-order chi connectivity index (χ0) is 13.7. The van der Waals surface area contributed by atoms with Crippen molar-refractivity contribution in [3.8, 4) is 5.75 Å². The Bertz CT molecular complexity index is 446. The van der Waals surface area contributed by atoms with Gasteiger partial charge in [-0.05, 0) is 47.7 Å². The molecule has 0 aliphatic heterocycles. The lowest BCUT2D eigenvalue weighted by Gasteiger charge is -2.23. The molecule has 1 atom stereocenters. The standard InChI is InChI=1S/C13H16INO3/c1-3-6-15(8-9(2)16)13(18)11-7-10(14)4-5-12(11)17/h3-5,7,9,16-17H,1,6,8H2,2H3. The molecule has 2 N–H and O–H groups in total. The molecule has 0 saturated heterocycles. The monoisotopic (exact) mass is 361 g/mol. The Morgan fingerprint density at radius 2 is 2.28 bits per heavy atom. The highest BCUT2D eigenvalue weighted by atomic mass is 127. The number of phenols is 1. The summed E-state index contributed by atoms with van der Waals surface area (Å²) in [5, 5.41) is 19.1. The molecule has 0 aliphatic rings. The average molecular weight is 361 g/mol. The molecule has 18 heavy (non-hydrogen) atoms. The summed E-state index contributed by atoms with van der Waals surface area (Å²) in [4.78, 5) is 13.7. The average Bonchev–Trinajstić information content (AvgIpc) is 2.30. The summed E-state index contributed by atoms with van der Waals surface area (Å²) in [6, 6.07) is 4.83. The van der Waals surface area contributed by atoms with Crippen LogP contribution in [0.2, 0.25) is 0 Å². The summed E-state index contributed by atoms with van der Waals surface area (Å²) in [6.45, 7) is 5.73. The topological polar surface area (TPSA) is 60.8 Å². The van der Waals surface area contributed by atoms with Crippen LogP contribution in [0.3, 0.4) is 0 Å². The van der Waals surface area contributed by atoms with Crippen molar-refractivity contribution in [3.05, 3.63) is 40.0 Å².